The summed E-state index contributed by atoms with van der Waals surface area (Å²) in [5.74, 6) is -1.94. The molecule has 1 aliphatic heterocycles. The van der Waals surface area contributed by atoms with E-state index in [-0.39, 0.29) is 13.2 Å². The van der Waals surface area contributed by atoms with E-state index in [2.05, 4.69) is 0 Å². The van der Waals surface area contributed by atoms with Crippen molar-refractivity contribution in [2.24, 2.45) is 0 Å². The molecule has 25 heavy (non-hydrogen) atoms. The van der Waals surface area contributed by atoms with Crippen molar-refractivity contribution in [3.05, 3.63) is 0 Å². The van der Waals surface area contributed by atoms with Crippen molar-refractivity contribution in [3.8, 4) is 0 Å². The predicted octanol–water partition coefficient (Wildman–Crippen LogP) is 0.402. The topological polar surface area (TPSA) is 135 Å². The first-order valence-electron chi connectivity index (χ1n) is 7.65. The molecule has 1 rings (SSSR count). The summed E-state index contributed by atoms with van der Waals surface area (Å²) >= 11 is 0. The highest BCUT2D eigenvalue weighted by molar-refractivity contribution is 7.52. The fraction of sp³-hybridized carbons (Fsp3) is 0.786. The van der Waals surface area contributed by atoms with Gasteiger partial charge in [0.05, 0.1) is 12.8 Å². The summed E-state index contributed by atoms with van der Waals surface area (Å²) in [7, 11) is -4.01. The van der Waals surface area contributed by atoms with Gasteiger partial charge in [0.15, 0.2) is 12.2 Å². The zero-order valence-electron chi connectivity index (χ0n) is 14.5. The van der Waals surface area contributed by atoms with E-state index in [4.69, 9.17) is 23.5 Å². The van der Waals surface area contributed by atoms with Gasteiger partial charge in [0.25, 0.3) is 0 Å². The summed E-state index contributed by atoms with van der Waals surface area (Å²) in [6, 6.07) is 0. The highest BCUT2D eigenvalue weighted by Gasteiger charge is 2.51. The Bertz CT molecular complexity index is 548. The van der Waals surface area contributed by atoms with E-state index in [1.165, 1.54) is 6.92 Å². The van der Waals surface area contributed by atoms with Crippen molar-refractivity contribution < 1.29 is 47.3 Å². The first kappa shape index (κ1) is 21.6. The second-order valence-corrected chi connectivity index (χ2v) is 7.30. The molecule has 0 bridgehead atoms. The monoisotopic (exact) mass is 382 g/mol. The van der Waals surface area contributed by atoms with Crippen LogP contribution < -0.4 is 0 Å². The zero-order valence-corrected chi connectivity index (χ0v) is 15.4. The Morgan fingerprint density at radius 3 is 1.96 bits per heavy atom. The van der Waals surface area contributed by atoms with Crippen LogP contribution in [0.25, 0.3) is 0 Å². The average Bonchev–Trinajstić information content (AvgIpc) is 2.72. The molecule has 5 atom stereocenters. The molecular weight excluding hydrogens is 359 g/mol. The maximum absolute atomic E-state index is 12.0. The lowest BCUT2D eigenvalue weighted by Crippen LogP contribution is -2.42. The molecule has 1 N–H and O–H groups in total. The SMILES string of the molecule is CCOP(=O)(O)C[C@H]1O[C@H](COC(C)=O)[C@@H](OC(C)=O)[C@@H]1OC(C)=O. The van der Waals surface area contributed by atoms with Crippen LogP contribution >= 0.6 is 7.60 Å². The van der Waals surface area contributed by atoms with Crippen LogP contribution in [0.4, 0.5) is 0 Å². The lowest BCUT2D eigenvalue weighted by Gasteiger charge is -2.24. The summed E-state index contributed by atoms with van der Waals surface area (Å²) in [6.07, 6.45) is -4.73. The number of carbonyl (C=O) groups is 3. The minimum absolute atomic E-state index is 0.00296. The van der Waals surface area contributed by atoms with E-state index in [1.807, 2.05) is 0 Å². The second kappa shape index (κ2) is 9.28. The minimum atomic E-state index is -4.01. The summed E-state index contributed by atoms with van der Waals surface area (Å²) in [5.41, 5.74) is 0. The number of rotatable bonds is 8. The van der Waals surface area contributed by atoms with E-state index in [0.29, 0.717) is 0 Å². The molecule has 0 saturated carbocycles. The number of hydrogen-bond acceptors (Lipinski definition) is 9. The van der Waals surface area contributed by atoms with Gasteiger partial charge < -0.3 is 28.4 Å². The van der Waals surface area contributed by atoms with Gasteiger partial charge in [-0.25, -0.2) is 0 Å². The molecule has 144 valence electrons. The standard InChI is InChI=1S/C14H23O10P/c1-5-21-25(18,19)7-12-14(23-10(4)17)13(22-9(3)16)11(24-12)6-20-8(2)15/h11-14H,5-7H2,1-4H3,(H,18,19)/t11-,12-,13-,14-/m1/s1. The van der Waals surface area contributed by atoms with Gasteiger partial charge >= 0.3 is 25.5 Å². The molecule has 0 spiro atoms. The first-order valence-corrected chi connectivity index (χ1v) is 9.41. The second-order valence-electron chi connectivity index (χ2n) is 5.40. The van der Waals surface area contributed by atoms with Crippen LogP contribution in [0.1, 0.15) is 27.7 Å². The van der Waals surface area contributed by atoms with Crippen molar-refractivity contribution in [2.75, 3.05) is 19.4 Å². The van der Waals surface area contributed by atoms with Crippen LogP contribution in [-0.2, 0) is 42.4 Å². The quantitative estimate of drug-likeness (QED) is 0.357. The molecule has 1 heterocycles. The summed E-state index contributed by atoms with van der Waals surface area (Å²) in [5, 5.41) is 0. The molecule has 0 aromatic heterocycles. The minimum Gasteiger partial charge on any atom is -0.463 e. The molecule has 0 aromatic rings. The van der Waals surface area contributed by atoms with Gasteiger partial charge in [-0.2, -0.15) is 0 Å². The Morgan fingerprint density at radius 1 is 1.00 bits per heavy atom. The largest absolute Gasteiger partial charge is 0.463 e. The zero-order chi connectivity index (χ0) is 19.2. The van der Waals surface area contributed by atoms with E-state index >= 15 is 0 Å². The molecule has 1 saturated heterocycles. The number of esters is 3. The Labute approximate surface area is 145 Å². The normalized spacial score (nSPS) is 28.0. The molecule has 1 aliphatic rings. The lowest BCUT2D eigenvalue weighted by atomic mass is 10.1. The van der Waals surface area contributed by atoms with E-state index in [9.17, 15) is 23.8 Å². The van der Waals surface area contributed by atoms with Gasteiger partial charge in [0.1, 0.15) is 18.8 Å². The average molecular weight is 382 g/mol. The molecule has 0 radical (unpaired) electrons. The summed E-state index contributed by atoms with van der Waals surface area (Å²) in [4.78, 5) is 43.6. The summed E-state index contributed by atoms with van der Waals surface area (Å²) < 4.78 is 37.5. The van der Waals surface area contributed by atoms with E-state index in [0.717, 1.165) is 13.8 Å². The van der Waals surface area contributed by atoms with Crippen molar-refractivity contribution in [2.45, 2.75) is 52.1 Å². The van der Waals surface area contributed by atoms with Gasteiger partial charge in [0.2, 0.25) is 0 Å². The van der Waals surface area contributed by atoms with Crippen molar-refractivity contribution in [1.29, 1.82) is 0 Å². The Morgan fingerprint density at radius 2 is 1.52 bits per heavy atom. The Balaban J connectivity index is 3.03. The number of ether oxygens (including phenoxy) is 4. The smallest absolute Gasteiger partial charge is 0.330 e. The maximum Gasteiger partial charge on any atom is 0.330 e. The van der Waals surface area contributed by atoms with Crippen LogP contribution in [0.15, 0.2) is 0 Å². The van der Waals surface area contributed by atoms with E-state index in [1.54, 1.807) is 6.92 Å². The van der Waals surface area contributed by atoms with Gasteiger partial charge in [-0.15, -0.1) is 0 Å². The van der Waals surface area contributed by atoms with Gasteiger partial charge in [-0.1, -0.05) is 0 Å². The number of hydrogen-bond donors (Lipinski definition) is 1. The third-order valence-corrected chi connectivity index (χ3v) is 4.69. The fourth-order valence-corrected chi connectivity index (χ4v) is 3.69. The highest BCUT2D eigenvalue weighted by Crippen LogP contribution is 2.45. The molecule has 10 nitrogen and oxygen atoms in total. The van der Waals surface area contributed by atoms with Crippen LogP contribution in [-0.4, -0.2) is 66.6 Å². The number of carbonyl (C=O) groups excluding carboxylic acids is 3. The van der Waals surface area contributed by atoms with E-state index < -0.39 is 56.1 Å². The van der Waals surface area contributed by atoms with Crippen LogP contribution in [0, 0.1) is 0 Å². The molecular formula is C14H23O10P. The van der Waals surface area contributed by atoms with Crippen molar-refractivity contribution in [3.63, 3.8) is 0 Å². The molecule has 1 unspecified atom stereocenters. The van der Waals surface area contributed by atoms with Crippen LogP contribution in [0.3, 0.4) is 0 Å². The van der Waals surface area contributed by atoms with Gasteiger partial charge in [-0.3, -0.25) is 18.9 Å². The van der Waals surface area contributed by atoms with Crippen molar-refractivity contribution >= 4 is 25.5 Å². The molecule has 11 heteroatoms. The van der Waals surface area contributed by atoms with Crippen molar-refractivity contribution in [1.82, 2.24) is 0 Å². The Hall–Kier alpha value is -1.48. The molecule has 1 fully saturated rings. The third-order valence-electron chi connectivity index (χ3n) is 3.20. The molecule has 0 aliphatic carbocycles. The first-order chi connectivity index (χ1) is 11.6. The highest BCUT2D eigenvalue weighted by atomic mass is 31.2. The van der Waals surface area contributed by atoms with Gasteiger partial charge in [-0.05, 0) is 6.92 Å². The fourth-order valence-electron chi connectivity index (χ4n) is 2.43. The van der Waals surface area contributed by atoms with Crippen LogP contribution in [0.5, 0.6) is 0 Å². The Kier molecular flexibility index (Phi) is 8.01. The predicted molar refractivity (Wildman–Crippen MR) is 82.7 cm³/mol. The maximum atomic E-state index is 12.0. The van der Waals surface area contributed by atoms with Crippen LogP contribution in [0.2, 0.25) is 0 Å². The lowest BCUT2D eigenvalue weighted by molar-refractivity contribution is -0.165. The molecule has 0 aromatic carbocycles. The van der Waals surface area contributed by atoms with Gasteiger partial charge in [0, 0.05) is 20.8 Å². The molecule has 0 amide bonds. The summed E-state index contributed by atoms with van der Waals surface area (Å²) in [6.45, 7) is 4.76. The third kappa shape index (κ3) is 7.11.